The average molecular weight is 327 g/mol. The second kappa shape index (κ2) is 7.13. The first-order valence-corrected chi connectivity index (χ1v) is 8.54. The highest BCUT2D eigenvalue weighted by molar-refractivity contribution is 5.90. The number of nitrogens with one attached hydrogen (secondary N) is 1. The molecule has 6 heteroatoms. The number of nitrogens with zero attached hydrogens (tertiary/aromatic N) is 4. The highest BCUT2D eigenvalue weighted by Crippen LogP contribution is 2.17. The maximum atomic E-state index is 12.3. The number of carbonyl (C=O) groups excluding carboxylic acids is 1. The smallest absolute Gasteiger partial charge is 0.290 e. The summed E-state index contributed by atoms with van der Waals surface area (Å²) in [5.74, 6) is 0.742. The van der Waals surface area contributed by atoms with E-state index < -0.39 is 0 Å². The molecule has 24 heavy (non-hydrogen) atoms. The Morgan fingerprint density at radius 2 is 2.12 bits per heavy atom. The number of hydrogen-bond acceptors (Lipinski definition) is 4. The topological polar surface area (TPSA) is 63.1 Å². The molecule has 0 saturated carbocycles. The molecule has 0 aliphatic carbocycles. The highest BCUT2D eigenvalue weighted by atomic mass is 16.2. The van der Waals surface area contributed by atoms with Crippen LogP contribution in [0.15, 0.2) is 24.3 Å². The van der Waals surface area contributed by atoms with Crippen molar-refractivity contribution in [3.8, 4) is 5.69 Å². The Kier molecular flexibility index (Phi) is 4.94. The fourth-order valence-corrected chi connectivity index (χ4v) is 3.29. The third-order valence-corrected chi connectivity index (χ3v) is 4.75. The second-order valence-corrected chi connectivity index (χ2v) is 6.50. The van der Waals surface area contributed by atoms with Crippen LogP contribution in [-0.2, 0) is 0 Å². The molecular formula is C18H25N5O. The van der Waals surface area contributed by atoms with Gasteiger partial charge in [-0.3, -0.25) is 4.79 Å². The van der Waals surface area contributed by atoms with Gasteiger partial charge in [0.2, 0.25) is 5.82 Å². The average Bonchev–Trinajstić information content (AvgIpc) is 3.14. The van der Waals surface area contributed by atoms with E-state index in [0.717, 1.165) is 24.2 Å². The minimum atomic E-state index is -0.203. The first-order chi connectivity index (χ1) is 11.6. The zero-order valence-corrected chi connectivity index (χ0v) is 14.6. The van der Waals surface area contributed by atoms with Crippen LogP contribution in [0.25, 0.3) is 5.69 Å². The van der Waals surface area contributed by atoms with E-state index in [1.165, 1.54) is 12.8 Å². The number of amides is 1. The lowest BCUT2D eigenvalue weighted by Gasteiger charge is -2.18. The van der Waals surface area contributed by atoms with Gasteiger partial charge in [-0.1, -0.05) is 18.2 Å². The molecule has 3 rings (SSSR count). The van der Waals surface area contributed by atoms with Gasteiger partial charge in [0, 0.05) is 12.6 Å². The molecule has 2 aromatic rings. The van der Waals surface area contributed by atoms with E-state index in [1.807, 2.05) is 38.1 Å². The molecule has 0 spiro atoms. The Morgan fingerprint density at radius 3 is 2.83 bits per heavy atom. The molecule has 0 bridgehead atoms. The third kappa shape index (κ3) is 3.48. The van der Waals surface area contributed by atoms with Crippen molar-refractivity contribution in [3.63, 3.8) is 0 Å². The Bertz CT molecular complexity index is 724. The van der Waals surface area contributed by atoms with Crippen LogP contribution in [-0.4, -0.2) is 51.8 Å². The zero-order chi connectivity index (χ0) is 17.1. The molecular weight excluding hydrogens is 302 g/mol. The van der Waals surface area contributed by atoms with E-state index in [9.17, 15) is 4.79 Å². The summed E-state index contributed by atoms with van der Waals surface area (Å²) < 4.78 is 1.73. The van der Waals surface area contributed by atoms with Crippen molar-refractivity contribution in [2.75, 3.05) is 20.1 Å². The van der Waals surface area contributed by atoms with Crippen LogP contribution in [0.2, 0.25) is 0 Å². The van der Waals surface area contributed by atoms with Gasteiger partial charge in [-0.15, -0.1) is 5.10 Å². The van der Waals surface area contributed by atoms with Gasteiger partial charge in [0.15, 0.2) is 0 Å². The number of hydrogen-bond donors (Lipinski definition) is 1. The monoisotopic (exact) mass is 327 g/mol. The van der Waals surface area contributed by atoms with Crippen molar-refractivity contribution in [3.05, 3.63) is 41.5 Å². The van der Waals surface area contributed by atoms with Crippen molar-refractivity contribution < 1.29 is 4.79 Å². The van der Waals surface area contributed by atoms with E-state index in [1.54, 1.807) is 4.68 Å². The summed E-state index contributed by atoms with van der Waals surface area (Å²) >= 11 is 0. The number of rotatable bonds is 5. The Morgan fingerprint density at radius 1 is 1.33 bits per heavy atom. The number of aromatic nitrogens is 3. The molecule has 1 N–H and O–H groups in total. The van der Waals surface area contributed by atoms with Crippen molar-refractivity contribution in [2.45, 2.75) is 39.2 Å². The fourth-order valence-electron chi connectivity index (χ4n) is 3.29. The van der Waals surface area contributed by atoms with E-state index in [-0.39, 0.29) is 11.7 Å². The molecule has 1 aromatic heterocycles. The number of likely N-dealkylation sites (tertiary alicyclic amines) is 1. The molecule has 1 saturated heterocycles. The van der Waals surface area contributed by atoms with Crippen LogP contribution in [0.5, 0.6) is 0 Å². The van der Waals surface area contributed by atoms with Crippen molar-refractivity contribution in [2.24, 2.45) is 0 Å². The number of para-hydroxylation sites is 1. The lowest BCUT2D eigenvalue weighted by atomic mass is 10.1. The van der Waals surface area contributed by atoms with Crippen LogP contribution in [0.3, 0.4) is 0 Å². The maximum absolute atomic E-state index is 12.3. The normalized spacial score (nSPS) is 18.0. The van der Waals surface area contributed by atoms with Gasteiger partial charge in [-0.05, 0) is 58.3 Å². The summed E-state index contributed by atoms with van der Waals surface area (Å²) in [5.41, 5.74) is 2.05. The van der Waals surface area contributed by atoms with Crippen LogP contribution < -0.4 is 5.32 Å². The summed E-state index contributed by atoms with van der Waals surface area (Å²) in [6.45, 7) is 5.70. The Balaban J connectivity index is 1.64. The molecule has 1 aliphatic rings. The van der Waals surface area contributed by atoms with Gasteiger partial charge >= 0.3 is 0 Å². The highest BCUT2D eigenvalue weighted by Gasteiger charge is 2.21. The molecule has 1 amide bonds. The molecule has 1 aliphatic heterocycles. The summed E-state index contributed by atoms with van der Waals surface area (Å²) in [6, 6.07) is 8.52. The van der Waals surface area contributed by atoms with Crippen LogP contribution in [0.4, 0.5) is 0 Å². The molecule has 1 fully saturated rings. The van der Waals surface area contributed by atoms with Crippen molar-refractivity contribution in [1.29, 1.82) is 0 Å². The summed E-state index contributed by atoms with van der Waals surface area (Å²) in [5, 5.41) is 7.34. The van der Waals surface area contributed by atoms with E-state index >= 15 is 0 Å². The van der Waals surface area contributed by atoms with E-state index in [4.69, 9.17) is 0 Å². The van der Waals surface area contributed by atoms with Crippen LogP contribution in [0, 0.1) is 13.8 Å². The minimum Gasteiger partial charge on any atom is -0.349 e. The first kappa shape index (κ1) is 16.6. The van der Waals surface area contributed by atoms with Crippen molar-refractivity contribution >= 4 is 5.91 Å². The molecule has 6 nitrogen and oxygen atoms in total. The second-order valence-electron chi connectivity index (χ2n) is 6.50. The van der Waals surface area contributed by atoms with Crippen molar-refractivity contribution in [1.82, 2.24) is 25.0 Å². The number of aryl methyl sites for hydroxylation is 2. The minimum absolute atomic E-state index is 0.203. The van der Waals surface area contributed by atoms with Gasteiger partial charge in [0.1, 0.15) is 5.82 Å². The molecule has 1 unspecified atom stereocenters. The van der Waals surface area contributed by atoms with Gasteiger partial charge in [-0.25, -0.2) is 9.67 Å². The van der Waals surface area contributed by atoms with Gasteiger partial charge < -0.3 is 10.2 Å². The molecule has 1 atom stereocenters. The standard InChI is InChI=1S/C18H25N5O/c1-13-7-4-5-9-16(13)23-14(2)20-17(21-23)18(24)19-11-10-15-8-6-12-22(15)3/h4-5,7,9,15H,6,8,10-12H2,1-3H3,(H,19,24). The molecule has 1 aromatic carbocycles. The largest absolute Gasteiger partial charge is 0.349 e. The third-order valence-electron chi connectivity index (χ3n) is 4.75. The SMILES string of the molecule is Cc1ccccc1-n1nc(C(=O)NCCC2CCCN2C)nc1C. The Hall–Kier alpha value is -2.21. The fraction of sp³-hybridized carbons (Fsp3) is 0.500. The van der Waals surface area contributed by atoms with Gasteiger partial charge in [-0.2, -0.15) is 0 Å². The summed E-state index contributed by atoms with van der Waals surface area (Å²) in [4.78, 5) is 19.0. The molecule has 0 radical (unpaired) electrons. The Labute approximate surface area is 142 Å². The quantitative estimate of drug-likeness (QED) is 0.913. The number of benzene rings is 1. The summed E-state index contributed by atoms with van der Waals surface area (Å²) in [7, 11) is 2.15. The summed E-state index contributed by atoms with van der Waals surface area (Å²) in [6.07, 6.45) is 3.43. The van der Waals surface area contributed by atoms with Crippen LogP contribution >= 0.6 is 0 Å². The lowest BCUT2D eigenvalue weighted by Crippen LogP contribution is -2.32. The van der Waals surface area contributed by atoms with E-state index in [0.29, 0.717) is 18.4 Å². The lowest BCUT2D eigenvalue weighted by molar-refractivity contribution is 0.0940. The molecule has 2 heterocycles. The van der Waals surface area contributed by atoms with Crippen LogP contribution in [0.1, 0.15) is 41.3 Å². The van der Waals surface area contributed by atoms with E-state index in [2.05, 4.69) is 27.3 Å². The molecule has 128 valence electrons. The number of carbonyl (C=O) groups is 1. The predicted molar refractivity (Wildman–Crippen MR) is 93.4 cm³/mol. The maximum Gasteiger partial charge on any atom is 0.290 e. The van der Waals surface area contributed by atoms with Gasteiger partial charge in [0.05, 0.1) is 5.69 Å². The zero-order valence-electron chi connectivity index (χ0n) is 14.6. The first-order valence-electron chi connectivity index (χ1n) is 8.54. The van der Waals surface area contributed by atoms with Gasteiger partial charge in [0.25, 0.3) is 5.91 Å². The predicted octanol–water partition coefficient (Wildman–Crippen LogP) is 2.10.